The average Bonchev–Trinajstić information content (AvgIpc) is 2.92. The van der Waals surface area contributed by atoms with Crippen LogP contribution < -0.4 is 4.74 Å². The van der Waals surface area contributed by atoms with Crippen LogP contribution in [0.2, 0.25) is 0 Å². The third-order valence-corrected chi connectivity index (χ3v) is 4.15. The molecular formula is C17H13NO2S. The van der Waals surface area contributed by atoms with Crippen molar-refractivity contribution < 1.29 is 9.53 Å². The zero-order valence-corrected chi connectivity index (χ0v) is 12.3. The lowest BCUT2D eigenvalue weighted by Crippen LogP contribution is -2.01. The van der Waals surface area contributed by atoms with Gasteiger partial charge in [0.1, 0.15) is 5.75 Å². The maximum Gasteiger partial charge on any atom is 0.308 e. The maximum atomic E-state index is 11.3. The van der Waals surface area contributed by atoms with E-state index in [1.807, 2.05) is 48.5 Å². The van der Waals surface area contributed by atoms with Crippen LogP contribution in [0.3, 0.4) is 0 Å². The Kier molecular flexibility index (Phi) is 3.79. The van der Waals surface area contributed by atoms with E-state index in [1.165, 1.54) is 6.92 Å². The Balaban J connectivity index is 2.10. The van der Waals surface area contributed by atoms with Crippen LogP contribution in [0.4, 0.5) is 0 Å². The minimum absolute atomic E-state index is 0.322. The highest BCUT2D eigenvalue weighted by atomic mass is 32.1. The average molecular weight is 295 g/mol. The number of carbonyl (C=O) groups is 1. The van der Waals surface area contributed by atoms with Crippen LogP contribution in [0.5, 0.6) is 5.75 Å². The third-order valence-electron chi connectivity index (χ3n) is 2.93. The first-order valence-corrected chi connectivity index (χ1v) is 7.34. The Morgan fingerprint density at radius 3 is 2.52 bits per heavy atom. The number of pyridine rings is 1. The molecule has 0 aliphatic heterocycles. The molecule has 2 aromatic heterocycles. The van der Waals surface area contributed by atoms with E-state index in [0.717, 1.165) is 20.9 Å². The number of aromatic nitrogens is 1. The van der Waals surface area contributed by atoms with Crippen molar-refractivity contribution in [3.63, 3.8) is 0 Å². The first-order chi connectivity index (χ1) is 10.2. The summed E-state index contributed by atoms with van der Waals surface area (Å²) in [6, 6.07) is 15.8. The van der Waals surface area contributed by atoms with Crippen LogP contribution in [0, 0.1) is 0 Å². The Hall–Kier alpha value is -2.46. The van der Waals surface area contributed by atoms with Crippen molar-refractivity contribution >= 4 is 17.3 Å². The molecule has 0 aliphatic rings. The Bertz CT molecular complexity index is 751. The lowest BCUT2D eigenvalue weighted by atomic mass is 10.2. The van der Waals surface area contributed by atoms with Crippen molar-refractivity contribution in [1.82, 2.24) is 4.98 Å². The van der Waals surface area contributed by atoms with Crippen molar-refractivity contribution in [3.05, 3.63) is 60.9 Å². The SMILES string of the molecule is CC(=O)Oc1cc(-c2ccccc2)sc1-c1cccnc1. The van der Waals surface area contributed by atoms with Crippen molar-refractivity contribution in [2.45, 2.75) is 6.92 Å². The van der Waals surface area contributed by atoms with E-state index in [9.17, 15) is 4.79 Å². The summed E-state index contributed by atoms with van der Waals surface area (Å²) < 4.78 is 5.35. The van der Waals surface area contributed by atoms with E-state index in [4.69, 9.17) is 4.74 Å². The molecule has 0 radical (unpaired) electrons. The topological polar surface area (TPSA) is 39.2 Å². The van der Waals surface area contributed by atoms with Gasteiger partial charge in [-0.05, 0) is 11.6 Å². The molecule has 1 aromatic carbocycles. The van der Waals surface area contributed by atoms with Gasteiger partial charge < -0.3 is 4.74 Å². The van der Waals surface area contributed by atoms with E-state index >= 15 is 0 Å². The third kappa shape index (κ3) is 3.01. The molecule has 4 heteroatoms. The van der Waals surface area contributed by atoms with Gasteiger partial charge in [0.05, 0.1) is 4.88 Å². The summed E-state index contributed by atoms with van der Waals surface area (Å²) in [6.07, 6.45) is 3.49. The molecule has 3 nitrogen and oxygen atoms in total. The summed E-state index contributed by atoms with van der Waals surface area (Å²) >= 11 is 1.59. The predicted octanol–water partition coefficient (Wildman–Crippen LogP) is 4.40. The molecule has 0 saturated heterocycles. The van der Waals surface area contributed by atoms with E-state index in [2.05, 4.69) is 4.98 Å². The van der Waals surface area contributed by atoms with E-state index in [1.54, 1.807) is 23.7 Å². The fourth-order valence-electron chi connectivity index (χ4n) is 2.05. The molecule has 0 fully saturated rings. The van der Waals surface area contributed by atoms with Gasteiger partial charge in [-0.1, -0.05) is 36.4 Å². The summed E-state index contributed by atoms with van der Waals surface area (Å²) in [5.74, 6) is 0.261. The van der Waals surface area contributed by atoms with Gasteiger partial charge in [-0.25, -0.2) is 0 Å². The molecule has 104 valence electrons. The number of benzene rings is 1. The van der Waals surface area contributed by atoms with E-state index in [0.29, 0.717) is 5.75 Å². The normalized spacial score (nSPS) is 10.3. The Morgan fingerprint density at radius 1 is 1.10 bits per heavy atom. The lowest BCUT2D eigenvalue weighted by Gasteiger charge is -2.02. The zero-order chi connectivity index (χ0) is 14.7. The van der Waals surface area contributed by atoms with Gasteiger partial charge in [-0.2, -0.15) is 0 Å². The Labute approximate surface area is 126 Å². The summed E-state index contributed by atoms with van der Waals surface area (Å²) in [5.41, 5.74) is 2.05. The van der Waals surface area contributed by atoms with Crippen LogP contribution in [-0.2, 0) is 4.79 Å². The summed E-state index contributed by atoms with van der Waals surface area (Å²) in [6.45, 7) is 1.41. The molecule has 0 aliphatic carbocycles. The fourth-order valence-corrected chi connectivity index (χ4v) is 3.13. The van der Waals surface area contributed by atoms with Gasteiger partial charge in [0.25, 0.3) is 0 Å². The van der Waals surface area contributed by atoms with Crippen molar-refractivity contribution in [1.29, 1.82) is 0 Å². The van der Waals surface area contributed by atoms with Gasteiger partial charge in [-0.3, -0.25) is 9.78 Å². The number of hydrogen-bond acceptors (Lipinski definition) is 4. The standard InChI is InChI=1S/C17H13NO2S/c1-12(19)20-15-10-16(13-6-3-2-4-7-13)21-17(15)14-8-5-9-18-11-14/h2-11H,1H3. The minimum atomic E-state index is -0.322. The first kappa shape index (κ1) is 13.5. The Morgan fingerprint density at radius 2 is 1.86 bits per heavy atom. The van der Waals surface area contributed by atoms with Gasteiger partial charge >= 0.3 is 5.97 Å². The summed E-state index contributed by atoms with van der Waals surface area (Å²) in [4.78, 5) is 17.4. The summed E-state index contributed by atoms with van der Waals surface area (Å²) in [5, 5.41) is 0. The number of esters is 1. The molecule has 0 unspecified atom stereocenters. The molecule has 2 heterocycles. The number of nitrogens with zero attached hydrogens (tertiary/aromatic N) is 1. The van der Waals surface area contributed by atoms with Crippen molar-refractivity contribution in [3.8, 4) is 26.6 Å². The molecule has 3 aromatic rings. The first-order valence-electron chi connectivity index (χ1n) is 6.52. The summed E-state index contributed by atoms with van der Waals surface area (Å²) in [7, 11) is 0. The highest BCUT2D eigenvalue weighted by Gasteiger charge is 2.15. The van der Waals surface area contributed by atoms with Gasteiger partial charge in [0.2, 0.25) is 0 Å². The van der Waals surface area contributed by atoms with E-state index in [-0.39, 0.29) is 5.97 Å². The number of rotatable bonds is 3. The van der Waals surface area contributed by atoms with Crippen LogP contribution in [0.15, 0.2) is 60.9 Å². The fraction of sp³-hybridized carbons (Fsp3) is 0.0588. The molecule has 0 spiro atoms. The minimum Gasteiger partial charge on any atom is -0.425 e. The number of thiophene rings is 1. The van der Waals surface area contributed by atoms with Crippen molar-refractivity contribution in [2.24, 2.45) is 0 Å². The molecule has 21 heavy (non-hydrogen) atoms. The smallest absolute Gasteiger partial charge is 0.308 e. The largest absolute Gasteiger partial charge is 0.425 e. The number of ether oxygens (including phenoxy) is 1. The molecule has 0 atom stereocenters. The van der Waals surface area contributed by atoms with Gasteiger partial charge in [0, 0.05) is 35.8 Å². The molecular weight excluding hydrogens is 282 g/mol. The molecule has 0 saturated carbocycles. The van der Waals surface area contributed by atoms with Crippen LogP contribution in [0.1, 0.15) is 6.92 Å². The molecule has 0 bridgehead atoms. The second-order valence-corrected chi connectivity index (χ2v) is 5.56. The van der Waals surface area contributed by atoms with Gasteiger partial charge in [0.15, 0.2) is 0 Å². The molecule has 0 amide bonds. The van der Waals surface area contributed by atoms with Crippen LogP contribution in [-0.4, -0.2) is 11.0 Å². The molecule has 3 rings (SSSR count). The van der Waals surface area contributed by atoms with Gasteiger partial charge in [-0.15, -0.1) is 11.3 Å². The highest BCUT2D eigenvalue weighted by Crippen LogP contribution is 2.42. The zero-order valence-electron chi connectivity index (χ0n) is 11.4. The predicted molar refractivity (Wildman–Crippen MR) is 84.3 cm³/mol. The number of carbonyl (C=O) groups excluding carboxylic acids is 1. The maximum absolute atomic E-state index is 11.3. The quantitative estimate of drug-likeness (QED) is 0.672. The number of hydrogen-bond donors (Lipinski definition) is 0. The van der Waals surface area contributed by atoms with Crippen LogP contribution in [0.25, 0.3) is 20.9 Å². The second-order valence-electron chi connectivity index (χ2n) is 4.51. The highest BCUT2D eigenvalue weighted by molar-refractivity contribution is 7.19. The van der Waals surface area contributed by atoms with E-state index < -0.39 is 0 Å². The monoisotopic (exact) mass is 295 g/mol. The lowest BCUT2D eigenvalue weighted by molar-refractivity contribution is -0.131. The van der Waals surface area contributed by atoms with Crippen molar-refractivity contribution in [2.75, 3.05) is 0 Å². The molecule has 0 N–H and O–H groups in total. The second kappa shape index (κ2) is 5.89. The van der Waals surface area contributed by atoms with Crippen LogP contribution >= 0.6 is 11.3 Å².